The lowest BCUT2D eigenvalue weighted by Crippen LogP contribution is -2.79. The lowest BCUT2D eigenvalue weighted by atomic mass is 9.41. The van der Waals surface area contributed by atoms with Crippen molar-refractivity contribution in [2.45, 2.75) is 71.1 Å². The molecule has 2 saturated heterocycles. The zero-order valence-corrected chi connectivity index (χ0v) is 21.2. The van der Waals surface area contributed by atoms with Crippen LogP contribution in [0.1, 0.15) is 59.3 Å². The Labute approximate surface area is 206 Å². The second-order valence-electron chi connectivity index (χ2n) is 12.0. The first-order chi connectivity index (χ1) is 16.6. The molecule has 8 heteroatoms. The molecule has 0 amide bonds. The molecule has 2 heterocycles. The number of methoxy groups -OCH3 is 1. The summed E-state index contributed by atoms with van der Waals surface area (Å²) in [5, 5.41) is 13.0. The van der Waals surface area contributed by atoms with Crippen molar-refractivity contribution in [3.8, 4) is 0 Å². The van der Waals surface area contributed by atoms with Crippen LogP contribution in [0.25, 0.3) is 0 Å². The molecule has 0 aromatic heterocycles. The number of hydrogen-bond acceptors (Lipinski definition) is 8. The van der Waals surface area contributed by atoms with Gasteiger partial charge in [0.05, 0.1) is 18.4 Å². The van der Waals surface area contributed by atoms with Crippen molar-refractivity contribution >= 4 is 17.9 Å². The molecule has 35 heavy (non-hydrogen) atoms. The number of esters is 3. The Bertz CT molecular complexity index is 1020. The fourth-order valence-corrected chi connectivity index (χ4v) is 10.1. The van der Waals surface area contributed by atoms with E-state index in [4.69, 9.17) is 14.2 Å². The van der Waals surface area contributed by atoms with Gasteiger partial charge < -0.3 is 19.3 Å². The summed E-state index contributed by atoms with van der Waals surface area (Å²) >= 11 is 0. The summed E-state index contributed by atoms with van der Waals surface area (Å²) in [6.45, 7) is 6.54. The van der Waals surface area contributed by atoms with E-state index in [0.717, 1.165) is 32.2 Å². The second kappa shape index (κ2) is 7.54. The Kier molecular flexibility index (Phi) is 5.06. The number of carbonyl (C=O) groups is 3. The molecule has 0 unspecified atom stereocenters. The number of nitrogens with zero attached hydrogens (tertiary/aromatic N) is 1. The van der Waals surface area contributed by atoms with E-state index in [1.807, 2.05) is 0 Å². The fraction of sp³-hybridized carbons (Fsp3) is 0.815. The molecule has 4 aliphatic carbocycles. The molecule has 9 atom stereocenters. The maximum absolute atomic E-state index is 13.2. The lowest BCUT2D eigenvalue weighted by molar-refractivity contribution is -0.334. The number of piperidine rings is 1. The molecule has 4 fully saturated rings. The largest absolute Gasteiger partial charge is 0.469 e. The number of hydrogen-bond donors (Lipinski definition) is 1. The van der Waals surface area contributed by atoms with Gasteiger partial charge in [-0.25, -0.2) is 0 Å². The Morgan fingerprint density at radius 1 is 1.11 bits per heavy atom. The summed E-state index contributed by atoms with van der Waals surface area (Å²) < 4.78 is 17.3. The number of aliphatic hydroxyl groups is 1. The van der Waals surface area contributed by atoms with Crippen LogP contribution >= 0.6 is 0 Å². The van der Waals surface area contributed by atoms with E-state index in [0.29, 0.717) is 19.4 Å². The smallest absolute Gasteiger partial charge is 0.309 e. The minimum absolute atomic E-state index is 0.00418. The van der Waals surface area contributed by atoms with Crippen molar-refractivity contribution in [1.82, 2.24) is 4.90 Å². The molecule has 1 N–H and O–H groups in total. The van der Waals surface area contributed by atoms with Crippen molar-refractivity contribution < 1.29 is 33.7 Å². The first kappa shape index (κ1) is 23.5. The van der Waals surface area contributed by atoms with Gasteiger partial charge in [0.25, 0.3) is 0 Å². The predicted molar refractivity (Wildman–Crippen MR) is 123 cm³/mol. The van der Waals surface area contributed by atoms with Gasteiger partial charge in [-0.05, 0) is 56.3 Å². The monoisotopic (exact) mass is 487 g/mol. The summed E-state index contributed by atoms with van der Waals surface area (Å²) in [7, 11) is 1.43. The molecule has 4 bridgehead atoms. The van der Waals surface area contributed by atoms with Gasteiger partial charge in [-0.1, -0.05) is 18.1 Å². The molecule has 6 aliphatic rings. The van der Waals surface area contributed by atoms with Gasteiger partial charge in [0.15, 0.2) is 0 Å². The fourth-order valence-electron chi connectivity index (χ4n) is 10.1. The predicted octanol–water partition coefficient (Wildman–Crippen LogP) is 2.44. The standard InChI is InChI=1S/C27H37NO7/c1-14-11-28-12-18-7-5-17-6-8-19-20(24(31)33-4)10-26(23(17)19)25(18,13-34-15(2)29)22(35-16(3)30)9-21(14)27(26,28)32/h14,18-22,32H,5-13H2,1-4H3/t14-,18-,19+,20+,21+,22+,25+,26+,27+/m0/s1. The minimum Gasteiger partial charge on any atom is -0.469 e. The third-order valence-corrected chi connectivity index (χ3v) is 10.9. The van der Waals surface area contributed by atoms with E-state index >= 15 is 0 Å². The number of allylic oxidation sites excluding steroid dienone is 1. The van der Waals surface area contributed by atoms with Gasteiger partial charge in [-0.3, -0.25) is 19.3 Å². The zero-order valence-electron chi connectivity index (χ0n) is 21.2. The van der Waals surface area contributed by atoms with Crippen LogP contribution in [-0.4, -0.2) is 66.5 Å². The van der Waals surface area contributed by atoms with Crippen molar-refractivity contribution in [2.24, 2.45) is 40.4 Å². The number of rotatable bonds is 4. The molecule has 2 saturated carbocycles. The molecule has 8 nitrogen and oxygen atoms in total. The Balaban J connectivity index is 1.67. The third kappa shape index (κ3) is 2.63. The zero-order chi connectivity index (χ0) is 24.9. The molecule has 0 aromatic carbocycles. The summed E-state index contributed by atoms with van der Waals surface area (Å²) in [5.41, 5.74) is -0.258. The average Bonchev–Trinajstić information content (AvgIpc) is 3.42. The van der Waals surface area contributed by atoms with Crippen LogP contribution in [0.5, 0.6) is 0 Å². The van der Waals surface area contributed by atoms with Crippen LogP contribution in [0.3, 0.4) is 0 Å². The topological polar surface area (TPSA) is 102 Å². The molecule has 0 radical (unpaired) electrons. The van der Waals surface area contributed by atoms with E-state index in [9.17, 15) is 19.5 Å². The minimum atomic E-state index is -1.18. The highest BCUT2D eigenvalue weighted by atomic mass is 16.6. The van der Waals surface area contributed by atoms with Crippen molar-refractivity contribution in [3.05, 3.63) is 11.1 Å². The normalized spacial score (nSPS) is 47.2. The quantitative estimate of drug-likeness (QED) is 0.367. The summed E-state index contributed by atoms with van der Waals surface area (Å²) in [6.07, 6.45) is 4.06. The van der Waals surface area contributed by atoms with Gasteiger partial charge in [-0.2, -0.15) is 0 Å². The summed E-state index contributed by atoms with van der Waals surface area (Å²) in [5.74, 6) is -1.18. The van der Waals surface area contributed by atoms with Gasteiger partial charge in [-0.15, -0.1) is 0 Å². The highest BCUT2D eigenvalue weighted by Gasteiger charge is 2.84. The van der Waals surface area contributed by atoms with Crippen molar-refractivity contribution in [2.75, 3.05) is 26.8 Å². The van der Waals surface area contributed by atoms with E-state index in [2.05, 4.69) is 11.8 Å². The highest BCUT2D eigenvalue weighted by molar-refractivity contribution is 5.76. The first-order valence-corrected chi connectivity index (χ1v) is 13.2. The van der Waals surface area contributed by atoms with E-state index < -0.39 is 22.7 Å². The molecule has 6 rings (SSSR count). The van der Waals surface area contributed by atoms with E-state index in [-0.39, 0.29) is 54.1 Å². The summed E-state index contributed by atoms with van der Waals surface area (Å²) in [4.78, 5) is 40.1. The number of carbonyl (C=O) groups excluding carboxylic acids is 3. The second-order valence-corrected chi connectivity index (χ2v) is 12.0. The molecular formula is C27H37NO7. The first-order valence-electron chi connectivity index (χ1n) is 13.2. The third-order valence-electron chi connectivity index (χ3n) is 10.9. The lowest BCUT2D eigenvalue weighted by Gasteiger charge is -2.70. The maximum atomic E-state index is 13.2. The van der Waals surface area contributed by atoms with Gasteiger partial charge in [0, 0.05) is 38.3 Å². The molecule has 2 aliphatic heterocycles. The number of ether oxygens (including phenoxy) is 3. The Hall–Kier alpha value is -1.93. The Morgan fingerprint density at radius 3 is 2.54 bits per heavy atom. The van der Waals surface area contributed by atoms with E-state index in [1.165, 1.54) is 32.1 Å². The summed E-state index contributed by atoms with van der Waals surface area (Å²) in [6, 6.07) is 0. The highest BCUT2D eigenvalue weighted by Crippen LogP contribution is 2.80. The molecule has 1 spiro atoms. The van der Waals surface area contributed by atoms with Gasteiger partial charge >= 0.3 is 17.9 Å². The molecule has 0 aromatic rings. The van der Waals surface area contributed by atoms with Crippen LogP contribution in [0.4, 0.5) is 0 Å². The van der Waals surface area contributed by atoms with Crippen molar-refractivity contribution in [3.63, 3.8) is 0 Å². The van der Waals surface area contributed by atoms with Crippen LogP contribution in [0.2, 0.25) is 0 Å². The van der Waals surface area contributed by atoms with Crippen LogP contribution in [0, 0.1) is 40.4 Å². The molecule has 192 valence electrons. The van der Waals surface area contributed by atoms with Crippen LogP contribution < -0.4 is 0 Å². The average molecular weight is 488 g/mol. The Morgan fingerprint density at radius 2 is 1.86 bits per heavy atom. The van der Waals surface area contributed by atoms with Gasteiger partial charge in [0.2, 0.25) is 0 Å². The van der Waals surface area contributed by atoms with Crippen molar-refractivity contribution in [1.29, 1.82) is 0 Å². The van der Waals surface area contributed by atoms with Crippen LogP contribution in [0.15, 0.2) is 11.1 Å². The van der Waals surface area contributed by atoms with Crippen LogP contribution in [-0.2, 0) is 28.6 Å². The maximum Gasteiger partial charge on any atom is 0.309 e. The SMILES string of the molecule is COC(=O)[C@@H]1C[C@@]23C4=C(CC[C@H]5CN6C[C@H](C)[C@@H](C[C@@H](OC(C)=O)[C@@]52COC(C)=O)[C@]63O)CC[C@@H]41. The molecular weight excluding hydrogens is 450 g/mol. The van der Waals surface area contributed by atoms with Gasteiger partial charge in [0.1, 0.15) is 18.4 Å². The van der Waals surface area contributed by atoms with E-state index in [1.54, 1.807) is 0 Å².